The van der Waals surface area contributed by atoms with Crippen molar-refractivity contribution in [2.75, 3.05) is 4.90 Å². The molecule has 0 radical (unpaired) electrons. The molecule has 0 fully saturated rings. The molecule has 2 heteroatoms. The highest BCUT2D eigenvalue weighted by Gasteiger charge is 2.48. The molecular formula is C64H43NS. The molecule has 1 heterocycles. The molecule has 0 saturated carbocycles. The van der Waals surface area contributed by atoms with Gasteiger partial charge in [-0.05, 0) is 131 Å². The summed E-state index contributed by atoms with van der Waals surface area (Å²) in [6, 6.07) is 95.0. The van der Waals surface area contributed by atoms with Crippen molar-refractivity contribution in [3.63, 3.8) is 0 Å². The average molecular weight is 858 g/mol. The topological polar surface area (TPSA) is 3.24 Å². The zero-order valence-electron chi connectivity index (χ0n) is 36.2. The molecule has 2 aliphatic carbocycles. The first kappa shape index (κ1) is 38.4. The van der Waals surface area contributed by atoms with E-state index in [1.165, 1.54) is 88.0 Å². The largest absolute Gasteiger partial charge is 0.310 e. The van der Waals surface area contributed by atoms with Crippen LogP contribution in [0, 0.1) is 0 Å². The van der Waals surface area contributed by atoms with Crippen LogP contribution in [-0.2, 0) is 10.8 Å². The van der Waals surface area contributed by atoms with Gasteiger partial charge in [0.05, 0.1) is 10.8 Å². The van der Waals surface area contributed by atoms with E-state index < -0.39 is 10.8 Å². The van der Waals surface area contributed by atoms with E-state index in [0.717, 1.165) is 17.1 Å². The van der Waals surface area contributed by atoms with E-state index in [9.17, 15) is 0 Å². The fourth-order valence-electron chi connectivity index (χ4n) is 11.6. The molecule has 2 aliphatic rings. The molecule has 11 aromatic rings. The fourth-order valence-corrected chi connectivity index (χ4v) is 12.5. The van der Waals surface area contributed by atoms with Gasteiger partial charge in [-0.15, -0.1) is 11.3 Å². The lowest BCUT2D eigenvalue weighted by atomic mass is 9.67. The van der Waals surface area contributed by atoms with E-state index in [1.54, 1.807) is 0 Å². The van der Waals surface area contributed by atoms with E-state index in [0.29, 0.717) is 0 Å². The van der Waals surface area contributed by atoms with E-state index in [-0.39, 0.29) is 0 Å². The minimum atomic E-state index is -0.533. The van der Waals surface area contributed by atoms with Crippen molar-refractivity contribution in [1.82, 2.24) is 0 Å². The van der Waals surface area contributed by atoms with Gasteiger partial charge < -0.3 is 4.90 Å². The molecule has 0 N–H and O–H groups in total. The minimum Gasteiger partial charge on any atom is -0.310 e. The van der Waals surface area contributed by atoms with Crippen molar-refractivity contribution >= 4 is 38.5 Å². The summed E-state index contributed by atoms with van der Waals surface area (Å²) in [6.07, 6.45) is 0. The summed E-state index contributed by atoms with van der Waals surface area (Å²) in [6.45, 7) is 0. The zero-order valence-corrected chi connectivity index (χ0v) is 37.0. The second-order valence-electron chi connectivity index (χ2n) is 17.5. The van der Waals surface area contributed by atoms with Crippen LogP contribution in [0.25, 0.3) is 43.5 Å². The molecule has 0 unspecified atom stereocenters. The van der Waals surface area contributed by atoms with Gasteiger partial charge in [0.1, 0.15) is 0 Å². The summed E-state index contributed by atoms with van der Waals surface area (Å²) in [5.74, 6) is 0. The van der Waals surface area contributed by atoms with Crippen LogP contribution in [0.4, 0.5) is 17.1 Å². The molecule has 10 aromatic carbocycles. The maximum atomic E-state index is 2.49. The highest BCUT2D eigenvalue weighted by atomic mass is 32.1. The third kappa shape index (κ3) is 5.59. The summed E-state index contributed by atoms with van der Waals surface area (Å²) in [7, 11) is 0. The third-order valence-electron chi connectivity index (χ3n) is 14.3. The minimum absolute atomic E-state index is 0.533. The number of nitrogens with zero attached hydrogens (tertiary/aromatic N) is 1. The van der Waals surface area contributed by atoms with E-state index in [1.807, 2.05) is 11.3 Å². The van der Waals surface area contributed by atoms with Crippen molar-refractivity contribution < 1.29 is 0 Å². The first-order valence-electron chi connectivity index (χ1n) is 22.8. The fraction of sp³-hybridized carbons (Fsp3) is 0.0312. The standard InChI is InChI=1S/C64H43NS/c1-5-19-46(20-6-1)63(47-21-7-2-8-22-47)58-30-15-13-27-54(58)56-38-36-51(42-60(56)63)65(50-34-32-44(33-35-50)53-29-17-18-45-40-41-66-62(45)53)52-37-39-57-55-28-14-16-31-59(55)64(61(57)43-52,48-23-9-3-10-24-48)49-25-11-4-12-26-49/h1-43H. The lowest BCUT2D eigenvalue weighted by molar-refractivity contribution is 0.767. The van der Waals surface area contributed by atoms with E-state index >= 15 is 0 Å². The molecule has 1 aromatic heterocycles. The van der Waals surface area contributed by atoms with E-state index in [4.69, 9.17) is 0 Å². The van der Waals surface area contributed by atoms with Crippen LogP contribution in [0.3, 0.4) is 0 Å². The maximum Gasteiger partial charge on any atom is 0.0714 e. The van der Waals surface area contributed by atoms with Gasteiger partial charge in [0, 0.05) is 21.8 Å². The van der Waals surface area contributed by atoms with Gasteiger partial charge in [-0.3, -0.25) is 0 Å². The summed E-state index contributed by atoms with van der Waals surface area (Å²) in [5, 5.41) is 3.47. The van der Waals surface area contributed by atoms with Crippen molar-refractivity contribution in [3.8, 4) is 33.4 Å². The predicted octanol–water partition coefficient (Wildman–Crippen LogP) is 16.8. The van der Waals surface area contributed by atoms with Crippen LogP contribution >= 0.6 is 11.3 Å². The molecule has 0 atom stereocenters. The lowest BCUT2D eigenvalue weighted by Gasteiger charge is -2.36. The molecule has 1 nitrogen and oxygen atoms in total. The van der Waals surface area contributed by atoms with Crippen LogP contribution in [0.5, 0.6) is 0 Å². The summed E-state index contributed by atoms with van der Waals surface area (Å²) < 4.78 is 1.31. The molecule has 0 amide bonds. The smallest absolute Gasteiger partial charge is 0.0714 e. The Labute approximate surface area is 390 Å². The number of thiophene rings is 1. The maximum absolute atomic E-state index is 2.49. The van der Waals surface area contributed by atoms with Crippen LogP contribution in [0.1, 0.15) is 44.5 Å². The number of anilines is 3. The van der Waals surface area contributed by atoms with Gasteiger partial charge in [0.15, 0.2) is 0 Å². The van der Waals surface area contributed by atoms with Gasteiger partial charge in [0.2, 0.25) is 0 Å². The van der Waals surface area contributed by atoms with Crippen molar-refractivity contribution in [3.05, 3.63) is 305 Å². The first-order valence-corrected chi connectivity index (χ1v) is 23.7. The molecule has 310 valence electrons. The quantitative estimate of drug-likeness (QED) is 0.147. The van der Waals surface area contributed by atoms with Gasteiger partial charge in [-0.25, -0.2) is 0 Å². The Morgan fingerprint density at radius 3 is 1.15 bits per heavy atom. The number of hydrogen-bond donors (Lipinski definition) is 0. The zero-order chi connectivity index (χ0) is 43.7. The highest BCUT2D eigenvalue weighted by molar-refractivity contribution is 7.17. The molecule has 13 rings (SSSR count). The number of hydrogen-bond acceptors (Lipinski definition) is 2. The monoisotopic (exact) mass is 857 g/mol. The highest BCUT2D eigenvalue weighted by Crippen LogP contribution is 2.59. The summed E-state index contributed by atoms with van der Waals surface area (Å²) >= 11 is 1.81. The SMILES string of the molecule is c1ccc(C2(c3ccccc3)c3ccccc3-c3ccc(N(c4ccc(-c5cccc6ccsc56)cc4)c4ccc5c(c4)C(c4ccccc4)(c4ccccc4)c4ccccc4-5)cc32)cc1. The van der Waals surface area contributed by atoms with E-state index in [2.05, 4.69) is 265 Å². The van der Waals surface area contributed by atoms with Crippen LogP contribution in [0.2, 0.25) is 0 Å². The van der Waals surface area contributed by atoms with Crippen LogP contribution in [0.15, 0.2) is 260 Å². The Kier molecular flexibility index (Phi) is 8.91. The van der Waals surface area contributed by atoms with Crippen LogP contribution < -0.4 is 4.90 Å². The number of fused-ring (bicyclic) bond motifs is 7. The van der Waals surface area contributed by atoms with Crippen LogP contribution in [-0.4, -0.2) is 0 Å². The number of rotatable bonds is 8. The van der Waals surface area contributed by atoms with Gasteiger partial charge in [0.25, 0.3) is 0 Å². The molecule has 0 saturated heterocycles. The molecule has 0 bridgehead atoms. The van der Waals surface area contributed by atoms with Crippen molar-refractivity contribution in [2.45, 2.75) is 10.8 Å². The molecular weight excluding hydrogens is 815 g/mol. The molecule has 66 heavy (non-hydrogen) atoms. The van der Waals surface area contributed by atoms with Gasteiger partial charge in [-0.1, -0.05) is 212 Å². The summed E-state index contributed by atoms with van der Waals surface area (Å²) in [5.41, 5.74) is 20.0. The third-order valence-corrected chi connectivity index (χ3v) is 15.3. The number of benzene rings is 10. The summed E-state index contributed by atoms with van der Waals surface area (Å²) in [4.78, 5) is 2.49. The Bertz CT molecular complexity index is 3310. The van der Waals surface area contributed by atoms with Gasteiger partial charge >= 0.3 is 0 Å². The van der Waals surface area contributed by atoms with Crippen molar-refractivity contribution in [1.29, 1.82) is 0 Å². The molecule has 0 spiro atoms. The second kappa shape index (κ2) is 15.3. The first-order chi connectivity index (χ1) is 32.7. The Balaban J connectivity index is 1.08. The average Bonchev–Trinajstić information content (AvgIpc) is 4.08. The predicted molar refractivity (Wildman–Crippen MR) is 277 cm³/mol. The Morgan fingerprint density at radius 2 is 0.682 bits per heavy atom. The normalized spacial score (nSPS) is 13.7. The van der Waals surface area contributed by atoms with Gasteiger partial charge in [-0.2, -0.15) is 0 Å². The Hall–Kier alpha value is -8.04. The Morgan fingerprint density at radius 1 is 0.288 bits per heavy atom. The molecule has 0 aliphatic heterocycles. The van der Waals surface area contributed by atoms with Crippen molar-refractivity contribution in [2.24, 2.45) is 0 Å². The second-order valence-corrected chi connectivity index (χ2v) is 18.5. The lowest BCUT2D eigenvalue weighted by Crippen LogP contribution is -2.29.